The minimum absolute atomic E-state index is 0.143. The lowest BCUT2D eigenvalue weighted by Gasteiger charge is -2.20. The molecule has 0 spiro atoms. The molecule has 134 valence electrons. The smallest absolute Gasteiger partial charge is 0.251 e. The van der Waals surface area contributed by atoms with E-state index in [0.717, 1.165) is 11.1 Å². The maximum Gasteiger partial charge on any atom is 0.251 e. The topological polar surface area (TPSA) is 73.2 Å². The van der Waals surface area contributed by atoms with Crippen LogP contribution in [0.4, 0.5) is 0 Å². The lowest BCUT2D eigenvalue weighted by molar-refractivity contribution is -0.130. The van der Waals surface area contributed by atoms with Gasteiger partial charge in [0.05, 0.1) is 10.6 Å². The highest BCUT2D eigenvalue weighted by atomic mass is 35.5. The number of nitriles is 1. The van der Waals surface area contributed by atoms with Crippen molar-refractivity contribution in [2.24, 2.45) is 0 Å². The molecule has 0 bridgehead atoms. The summed E-state index contributed by atoms with van der Waals surface area (Å²) in [6.07, 6.45) is 0.508. The van der Waals surface area contributed by atoms with Gasteiger partial charge in [0.15, 0.2) is 0 Å². The van der Waals surface area contributed by atoms with Crippen molar-refractivity contribution in [1.29, 1.82) is 5.26 Å². The van der Waals surface area contributed by atoms with Crippen molar-refractivity contribution in [3.05, 3.63) is 58.6 Å². The second-order valence-corrected chi connectivity index (χ2v) is 6.46. The number of halogens is 1. The van der Waals surface area contributed by atoms with Crippen molar-refractivity contribution in [2.75, 3.05) is 14.1 Å². The Morgan fingerprint density at radius 3 is 2.46 bits per heavy atom. The Bertz CT molecular complexity index is 872. The van der Waals surface area contributed by atoms with Crippen LogP contribution in [0.2, 0.25) is 5.02 Å². The zero-order chi connectivity index (χ0) is 19.3. The Morgan fingerprint density at radius 2 is 1.88 bits per heavy atom. The summed E-state index contributed by atoms with van der Waals surface area (Å²) in [5, 5.41) is 12.1. The minimum Gasteiger partial charge on any atom is -0.347 e. The molecule has 0 aliphatic carbocycles. The molecule has 1 unspecified atom stereocenters. The van der Waals surface area contributed by atoms with Crippen LogP contribution in [0.15, 0.2) is 42.5 Å². The summed E-state index contributed by atoms with van der Waals surface area (Å²) in [4.78, 5) is 26.1. The first-order valence-corrected chi connectivity index (χ1v) is 8.57. The second-order valence-electron chi connectivity index (χ2n) is 6.05. The largest absolute Gasteiger partial charge is 0.347 e. The molecule has 2 amide bonds. The van der Waals surface area contributed by atoms with Crippen LogP contribution in [0.5, 0.6) is 0 Å². The van der Waals surface area contributed by atoms with Gasteiger partial charge in [-0.1, -0.05) is 36.7 Å². The number of hydrogen-bond acceptors (Lipinski definition) is 3. The summed E-state index contributed by atoms with van der Waals surface area (Å²) in [6.45, 7) is 1.85. The molecule has 0 saturated heterocycles. The van der Waals surface area contributed by atoms with Gasteiger partial charge in [0.25, 0.3) is 5.91 Å². The monoisotopic (exact) mass is 369 g/mol. The molecule has 5 nitrogen and oxygen atoms in total. The summed E-state index contributed by atoms with van der Waals surface area (Å²) in [5.41, 5.74) is 2.46. The fourth-order valence-electron chi connectivity index (χ4n) is 2.52. The van der Waals surface area contributed by atoms with Crippen LogP contribution in [0, 0.1) is 11.3 Å². The number of likely N-dealkylation sites (N-methyl/N-ethyl adjacent to an activating group) is 1. The van der Waals surface area contributed by atoms with E-state index in [1.54, 1.807) is 50.5 Å². The number of carbonyl (C=O) groups is 2. The highest BCUT2D eigenvalue weighted by Gasteiger charge is 2.21. The molecular formula is C20H20ClN3O2. The van der Waals surface area contributed by atoms with Gasteiger partial charge in [0.1, 0.15) is 12.1 Å². The van der Waals surface area contributed by atoms with E-state index in [9.17, 15) is 9.59 Å². The Kier molecular flexibility index (Phi) is 6.37. The van der Waals surface area contributed by atoms with Crippen molar-refractivity contribution in [3.8, 4) is 17.2 Å². The first kappa shape index (κ1) is 19.5. The molecule has 6 heteroatoms. The highest BCUT2D eigenvalue weighted by Crippen LogP contribution is 2.26. The number of carbonyl (C=O) groups excluding carboxylic acids is 2. The Labute approximate surface area is 158 Å². The predicted molar refractivity (Wildman–Crippen MR) is 102 cm³/mol. The summed E-state index contributed by atoms with van der Waals surface area (Å²) < 4.78 is 0. The summed E-state index contributed by atoms with van der Waals surface area (Å²) in [6, 6.07) is 13.6. The van der Waals surface area contributed by atoms with Crippen LogP contribution in [-0.2, 0) is 4.79 Å². The number of rotatable bonds is 5. The molecule has 1 atom stereocenters. The molecule has 0 saturated carbocycles. The van der Waals surface area contributed by atoms with Crippen LogP contribution in [0.1, 0.15) is 29.3 Å². The van der Waals surface area contributed by atoms with Gasteiger partial charge in [-0.3, -0.25) is 9.59 Å². The number of nitrogens with one attached hydrogen (secondary N) is 1. The van der Waals surface area contributed by atoms with E-state index in [-0.39, 0.29) is 11.8 Å². The molecule has 0 aliphatic rings. The fourth-order valence-corrected chi connectivity index (χ4v) is 2.74. The van der Waals surface area contributed by atoms with Crippen molar-refractivity contribution in [2.45, 2.75) is 19.4 Å². The van der Waals surface area contributed by atoms with E-state index in [2.05, 4.69) is 5.32 Å². The van der Waals surface area contributed by atoms with Gasteiger partial charge in [-0.05, 0) is 41.8 Å². The SMILES string of the molecule is CCC(NC(=O)c1cccc(-c2ccc(C#N)c(Cl)c2)c1)C(=O)N(C)C. The van der Waals surface area contributed by atoms with Crippen LogP contribution < -0.4 is 5.32 Å². The number of nitrogens with zero attached hydrogens (tertiary/aromatic N) is 2. The summed E-state index contributed by atoms with van der Waals surface area (Å²) in [7, 11) is 3.32. The van der Waals surface area contributed by atoms with E-state index in [1.165, 1.54) is 4.90 Å². The second kappa shape index (κ2) is 8.50. The lowest BCUT2D eigenvalue weighted by atomic mass is 10.0. The highest BCUT2D eigenvalue weighted by molar-refractivity contribution is 6.32. The lowest BCUT2D eigenvalue weighted by Crippen LogP contribution is -2.45. The van der Waals surface area contributed by atoms with Gasteiger partial charge in [0, 0.05) is 19.7 Å². The molecule has 0 fully saturated rings. The molecule has 0 radical (unpaired) electrons. The molecule has 2 aromatic carbocycles. The average Bonchev–Trinajstić information content (AvgIpc) is 2.65. The maximum absolute atomic E-state index is 12.5. The Morgan fingerprint density at radius 1 is 1.19 bits per heavy atom. The van der Waals surface area contributed by atoms with E-state index < -0.39 is 6.04 Å². The van der Waals surface area contributed by atoms with Crippen LogP contribution in [0.3, 0.4) is 0 Å². The first-order valence-electron chi connectivity index (χ1n) is 8.19. The molecule has 0 aromatic heterocycles. The summed E-state index contributed by atoms with van der Waals surface area (Å²) >= 11 is 6.09. The first-order chi connectivity index (χ1) is 12.4. The molecule has 2 rings (SSSR count). The van der Waals surface area contributed by atoms with E-state index in [1.807, 2.05) is 19.1 Å². The van der Waals surface area contributed by atoms with Gasteiger partial charge in [-0.15, -0.1) is 0 Å². The molecule has 0 heterocycles. The van der Waals surface area contributed by atoms with Gasteiger partial charge >= 0.3 is 0 Å². The van der Waals surface area contributed by atoms with Crippen molar-refractivity contribution >= 4 is 23.4 Å². The van der Waals surface area contributed by atoms with Gasteiger partial charge in [0.2, 0.25) is 5.91 Å². The molecule has 0 aliphatic heterocycles. The van der Waals surface area contributed by atoms with E-state index >= 15 is 0 Å². The standard InChI is InChI=1S/C20H20ClN3O2/c1-4-18(20(26)24(2)3)23-19(25)15-7-5-6-13(10-15)14-8-9-16(12-22)17(21)11-14/h5-11,18H,4H2,1-3H3,(H,23,25). The third kappa shape index (κ3) is 4.41. The zero-order valence-corrected chi connectivity index (χ0v) is 15.7. The predicted octanol–water partition coefficient (Wildman–Crippen LogP) is 3.48. The van der Waals surface area contributed by atoms with Gasteiger partial charge < -0.3 is 10.2 Å². The van der Waals surface area contributed by atoms with Crippen molar-refractivity contribution < 1.29 is 9.59 Å². The number of amides is 2. The quantitative estimate of drug-likeness (QED) is 0.876. The van der Waals surface area contributed by atoms with E-state index in [4.69, 9.17) is 16.9 Å². The van der Waals surface area contributed by atoms with Crippen LogP contribution in [0.25, 0.3) is 11.1 Å². The number of benzene rings is 2. The van der Waals surface area contributed by atoms with Crippen molar-refractivity contribution in [1.82, 2.24) is 10.2 Å². The minimum atomic E-state index is -0.564. The fraction of sp³-hybridized carbons (Fsp3) is 0.250. The van der Waals surface area contributed by atoms with Crippen LogP contribution in [-0.4, -0.2) is 36.9 Å². The Hall–Kier alpha value is -2.84. The average molecular weight is 370 g/mol. The van der Waals surface area contributed by atoms with Gasteiger partial charge in [-0.25, -0.2) is 0 Å². The molecule has 26 heavy (non-hydrogen) atoms. The molecule has 1 N–H and O–H groups in total. The Balaban J connectivity index is 2.26. The number of hydrogen-bond donors (Lipinski definition) is 1. The molecule has 2 aromatic rings. The zero-order valence-electron chi connectivity index (χ0n) is 14.9. The molecular weight excluding hydrogens is 350 g/mol. The van der Waals surface area contributed by atoms with Crippen LogP contribution >= 0.6 is 11.6 Å². The summed E-state index contributed by atoms with van der Waals surface area (Å²) in [5.74, 6) is -0.454. The van der Waals surface area contributed by atoms with E-state index in [0.29, 0.717) is 22.6 Å². The normalized spacial score (nSPS) is 11.3. The van der Waals surface area contributed by atoms with Crippen molar-refractivity contribution in [3.63, 3.8) is 0 Å². The third-order valence-corrected chi connectivity index (χ3v) is 4.31. The third-order valence-electron chi connectivity index (χ3n) is 4.00. The maximum atomic E-state index is 12.5. The van der Waals surface area contributed by atoms with Gasteiger partial charge in [-0.2, -0.15) is 5.26 Å².